The number of nitrogens with two attached hydrogens (primary N) is 2. The molecule has 0 amide bonds. The average Bonchev–Trinajstić information content (AvgIpc) is 2.03. The average molecular weight is 203 g/mol. The van der Waals surface area contributed by atoms with Crippen LogP contribution in [0.15, 0.2) is 29.2 Å². The standard InChI is InChI=1S/C6H9N3O3S/c7-9(8)5-3-1-2-4-6(5)13(10,11)12/h1-4H,7-8H2,(H,10,11,12)/q+1. The highest BCUT2D eigenvalue weighted by Gasteiger charge is 2.23. The lowest BCUT2D eigenvalue weighted by Crippen LogP contribution is -2.40. The van der Waals surface area contributed by atoms with E-state index in [1.165, 1.54) is 18.2 Å². The van der Waals surface area contributed by atoms with Crippen molar-refractivity contribution in [3.8, 4) is 0 Å². The first-order valence-corrected chi connectivity index (χ1v) is 4.73. The fourth-order valence-corrected chi connectivity index (χ4v) is 1.58. The first-order chi connectivity index (χ1) is 5.93. The number of rotatable bonds is 2. The number of hydrogen-bond donors (Lipinski definition) is 3. The van der Waals surface area contributed by atoms with E-state index in [0.717, 1.165) is 0 Å². The summed E-state index contributed by atoms with van der Waals surface area (Å²) in [7, 11) is -4.28. The minimum atomic E-state index is -4.28. The van der Waals surface area contributed by atoms with Crippen molar-refractivity contribution in [2.24, 2.45) is 11.7 Å². The van der Waals surface area contributed by atoms with Crippen LogP contribution in [0.5, 0.6) is 0 Å². The Morgan fingerprint density at radius 3 is 2.15 bits per heavy atom. The van der Waals surface area contributed by atoms with Gasteiger partial charge in [-0.1, -0.05) is 12.1 Å². The molecule has 0 aliphatic heterocycles. The Labute approximate surface area is 75.4 Å². The zero-order valence-electron chi connectivity index (χ0n) is 6.58. The smallest absolute Gasteiger partial charge is 0.282 e. The number of benzene rings is 1. The zero-order valence-corrected chi connectivity index (χ0v) is 7.40. The van der Waals surface area contributed by atoms with Gasteiger partial charge in [0.25, 0.3) is 0 Å². The molecule has 0 aliphatic carbocycles. The minimum absolute atomic E-state index is 0.0324. The van der Waals surface area contributed by atoms with Crippen molar-refractivity contribution in [2.75, 3.05) is 0 Å². The van der Waals surface area contributed by atoms with Crippen LogP contribution in [-0.4, -0.2) is 13.0 Å². The SMILES string of the molecule is N[N+](N)c1ccccc1S(=O)(=O)O. The Kier molecular flexibility index (Phi) is 2.64. The zero-order chi connectivity index (χ0) is 10.1. The lowest BCUT2D eigenvalue weighted by atomic mass is 10.3. The molecule has 1 aromatic rings. The van der Waals surface area contributed by atoms with Gasteiger partial charge in [0.15, 0.2) is 4.90 Å². The highest BCUT2D eigenvalue weighted by atomic mass is 32.2. The summed E-state index contributed by atoms with van der Waals surface area (Å²) in [5, 5.41) is 0.628. The van der Waals surface area contributed by atoms with Crippen LogP contribution in [0.25, 0.3) is 0 Å². The van der Waals surface area contributed by atoms with Gasteiger partial charge in [-0.05, 0) is 6.07 Å². The van der Waals surface area contributed by atoms with Crippen LogP contribution in [0, 0.1) is 0 Å². The van der Waals surface area contributed by atoms with Gasteiger partial charge < -0.3 is 0 Å². The van der Waals surface area contributed by atoms with Crippen LogP contribution in [-0.2, 0) is 10.1 Å². The molecule has 5 N–H and O–H groups in total. The third-order valence-electron chi connectivity index (χ3n) is 1.42. The van der Waals surface area contributed by atoms with E-state index in [9.17, 15) is 8.42 Å². The fourth-order valence-electron chi connectivity index (χ4n) is 0.889. The molecule has 0 aromatic heterocycles. The second kappa shape index (κ2) is 3.40. The summed E-state index contributed by atoms with van der Waals surface area (Å²) in [5.41, 5.74) is 0.0324. The number of anilines is 1. The molecule has 0 saturated heterocycles. The van der Waals surface area contributed by atoms with Crippen molar-refractivity contribution in [2.45, 2.75) is 4.90 Å². The molecule has 0 spiro atoms. The largest absolute Gasteiger partial charge is 0.300 e. The van der Waals surface area contributed by atoms with Crippen LogP contribution < -0.4 is 16.8 Å². The number of nitrogens with zero attached hydrogens (tertiary/aromatic N) is 1. The van der Waals surface area contributed by atoms with Crippen molar-refractivity contribution in [3.05, 3.63) is 24.3 Å². The third kappa shape index (κ3) is 2.23. The van der Waals surface area contributed by atoms with Gasteiger partial charge in [0.1, 0.15) is 0 Å². The Morgan fingerprint density at radius 2 is 1.77 bits per heavy atom. The van der Waals surface area contributed by atoms with Gasteiger partial charge in [0.2, 0.25) is 5.69 Å². The molecule has 1 aromatic carbocycles. The second-order valence-corrected chi connectivity index (χ2v) is 3.74. The summed E-state index contributed by atoms with van der Waals surface area (Å²) in [6, 6.07) is 5.59. The third-order valence-corrected chi connectivity index (χ3v) is 2.32. The number of hydrogen-bond acceptors (Lipinski definition) is 5. The summed E-state index contributed by atoms with van der Waals surface area (Å²) in [4.78, 5) is -0.319. The topological polar surface area (TPSA) is 112 Å². The lowest BCUT2D eigenvalue weighted by molar-refractivity contribution is 0.479. The Bertz CT molecular complexity index is 401. The summed E-state index contributed by atoms with van der Waals surface area (Å²) >= 11 is 0. The van der Waals surface area contributed by atoms with E-state index >= 15 is 0 Å². The highest BCUT2D eigenvalue weighted by molar-refractivity contribution is 7.86. The van der Waals surface area contributed by atoms with E-state index in [0.29, 0.717) is 5.12 Å². The monoisotopic (exact) mass is 203 g/mol. The summed E-state index contributed by atoms with van der Waals surface area (Å²) in [6.07, 6.45) is 0. The predicted octanol–water partition coefficient (Wildman–Crippen LogP) is -0.548. The van der Waals surface area contributed by atoms with E-state index in [4.69, 9.17) is 16.2 Å². The molecule has 71 valence electrons. The molecular formula is C6H9N3O3S+. The lowest BCUT2D eigenvalue weighted by Gasteiger charge is -2.01. The van der Waals surface area contributed by atoms with Crippen molar-refractivity contribution in [3.63, 3.8) is 0 Å². The van der Waals surface area contributed by atoms with Crippen molar-refractivity contribution < 1.29 is 13.0 Å². The molecule has 13 heavy (non-hydrogen) atoms. The maximum atomic E-state index is 10.8. The molecule has 0 bridgehead atoms. The Hall–Kier alpha value is -0.990. The van der Waals surface area contributed by atoms with E-state index in [2.05, 4.69) is 0 Å². The van der Waals surface area contributed by atoms with Gasteiger partial charge in [0.05, 0.1) is 0 Å². The second-order valence-electron chi connectivity index (χ2n) is 2.35. The van der Waals surface area contributed by atoms with Crippen LogP contribution in [0.1, 0.15) is 0 Å². The van der Waals surface area contributed by atoms with Crippen LogP contribution in [0.4, 0.5) is 5.69 Å². The molecule has 1 rings (SSSR count). The summed E-state index contributed by atoms with van der Waals surface area (Å²) < 4.78 is 30.3. The van der Waals surface area contributed by atoms with E-state index in [-0.39, 0.29) is 10.6 Å². The molecule has 0 atom stereocenters. The molecule has 0 fully saturated rings. The molecule has 1 radical (unpaired) electrons. The maximum absolute atomic E-state index is 10.8. The Morgan fingerprint density at radius 1 is 1.23 bits per heavy atom. The molecular weight excluding hydrogens is 194 g/mol. The van der Waals surface area contributed by atoms with Crippen LogP contribution >= 0.6 is 0 Å². The van der Waals surface area contributed by atoms with Crippen molar-refractivity contribution in [1.82, 2.24) is 5.12 Å². The predicted molar refractivity (Wildman–Crippen MR) is 46.4 cm³/mol. The first kappa shape index (κ1) is 10.1. The number of hydrazine groups is 2. The molecule has 0 saturated carbocycles. The normalized spacial score (nSPS) is 12.0. The molecule has 0 unspecified atom stereocenters. The van der Waals surface area contributed by atoms with Gasteiger partial charge in [-0.15, -0.1) is 11.7 Å². The van der Waals surface area contributed by atoms with Crippen LogP contribution in [0.2, 0.25) is 0 Å². The molecule has 0 heterocycles. The van der Waals surface area contributed by atoms with E-state index in [1.807, 2.05) is 0 Å². The molecule has 6 nitrogen and oxygen atoms in total. The van der Waals surface area contributed by atoms with Gasteiger partial charge in [0, 0.05) is 11.2 Å². The highest BCUT2D eigenvalue weighted by Crippen LogP contribution is 2.20. The first-order valence-electron chi connectivity index (χ1n) is 3.29. The quantitative estimate of drug-likeness (QED) is 0.258. The number of para-hydroxylation sites is 1. The van der Waals surface area contributed by atoms with Gasteiger partial charge in [-0.25, -0.2) is 0 Å². The molecule has 7 heteroatoms. The fraction of sp³-hybridized carbons (Fsp3) is 0. The van der Waals surface area contributed by atoms with Crippen molar-refractivity contribution >= 4 is 15.8 Å². The van der Waals surface area contributed by atoms with Gasteiger partial charge in [-0.3, -0.25) is 4.55 Å². The van der Waals surface area contributed by atoms with Gasteiger partial charge in [-0.2, -0.15) is 8.42 Å². The van der Waals surface area contributed by atoms with Crippen molar-refractivity contribution in [1.29, 1.82) is 0 Å². The van der Waals surface area contributed by atoms with E-state index < -0.39 is 10.1 Å². The molecule has 0 aliphatic rings. The van der Waals surface area contributed by atoms with Gasteiger partial charge >= 0.3 is 10.1 Å². The maximum Gasteiger partial charge on any atom is 0.300 e. The minimum Gasteiger partial charge on any atom is -0.282 e. The van der Waals surface area contributed by atoms with Crippen LogP contribution in [0.3, 0.4) is 0 Å². The summed E-state index contributed by atoms with van der Waals surface area (Å²) in [6.45, 7) is 0. The summed E-state index contributed by atoms with van der Waals surface area (Å²) in [5.74, 6) is 10.3. The Balaban J connectivity index is 3.37. The van der Waals surface area contributed by atoms with E-state index in [1.54, 1.807) is 6.07 Å².